The van der Waals surface area contributed by atoms with Crippen molar-refractivity contribution in [1.82, 2.24) is 0 Å². The van der Waals surface area contributed by atoms with Gasteiger partial charge in [0.25, 0.3) is 0 Å². The topological polar surface area (TPSA) is 69.4 Å². The number of benzene rings is 2. The van der Waals surface area contributed by atoms with E-state index in [1.54, 1.807) is 12.1 Å². The molecule has 0 radical (unpaired) electrons. The van der Waals surface area contributed by atoms with Crippen molar-refractivity contribution >= 4 is 51.2 Å². The molecule has 0 fully saturated rings. The summed E-state index contributed by atoms with van der Waals surface area (Å²) in [6.45, 7) is 0. The fourth-order valence-electron chi connectivity index (χ4n) is 1.69. The average molecular weight is 417 g/mol. The van der Waals surface area contributed by atoms with Crippen LogP contribution < -0.4 is 4.74 Å². The van der Waals surface area contributed by atoms with Crippen molar-refractivity contribution in [1.29, 1.82) is 0 Å². The smallest absolute Gasteiger partial charge is 0.345 e. The van der Waals surface area contributed by atoms with E-state index in [0.29, 0.717) is 15.1 Å². The lowest BCUT2D eigenvalue weighted by atomic mass is 10.2. The van der Waals surface area contributed by atoms with Gasteiger partial charge in [0.2, 0.25) is 6.20 Å². The van der Waals surface area contributed by atoms with Gasteiger partial charge in [0, 0.05) is 21.1 Å². The van der Waals surface area contributed by atoms with Gasteiger partial charge in [-0.15, -0.1) is 0 Å². The van der Waals surface area contributed by atoms with E-state index in [1.807, 2.05) is 0 Å². The average Bonchev–Trinajstić information content (AvgIpc) is 2.47. The summed E-state index contributed by atoms with van der Waals surface area (Å²) >= 11 is 15.0. The largest absolute Gasteiger partial charge is 0.422 e. The van der Waals surface area contributed by atoms with Crippen molar-refractivity contribution in [3.63, 3.8) is 0 Å². The van der Waals surface area contributed by atoms with Crippen LogP contribution in [0.15, 0.2) is 47.1 Å². The molecule has 23 heavy (non-hydrogen) atoms. The van der Waals surface area contributed by atoms with Gasteiger partial charge in [0.05, 0.1) is 15.5 Å². The lowest BCUT2D eigenvalue weighted by Gasteiger charge is -2.09. The first-order valence-electron chi connectivity index (χ1n) is 6.15. The molecular formula is C15H8BrCl2NO4. The molecule has 0 aliphatic carbocycles. The Hall–Kier alpha value is -1.89. The number of carbonyl (C=O) groups is 1. The predicted molar refractivity (Wildman–Crippen MR) is 91.6 cm³/mol. The standard InChI is InChI=1S/C15H8BrCl2NO4/c16-10-1-4-14(9(7-10)5-6-19(21)22)23-15(20)12-3-2-11(17)8-13(12)18/h1-8H/b6-5+. The van der Waals surface area contributed by atoms with E-state index in [1.165, 1.54) is 30.3 Å². The van der Waals surface area contributed by atoms with Crippen molar-refractivity contribution in [2.75, 3.05) is 0 Å². The molecule has 8 heteroatoms. The molecular weight excluding hydrogens is 409 g/mol. The molecule has 2 aromatic carbocycles. The van der Waals surface area contributed by atoms with Gasteiger partial charge in [-0.2, -0.15) is 0 Å². The number of rotatable bonds is 4. The zero-order valence-electron chi connectivity index (χ0n) is 11.3. The molecule has 0 saturated carbocycles. The number of carbonyl (C=O) groups excluding carboxylic acids is 1. The van der Waals surface area contributed by atoms with Crippen LogP contribution in [0.5, 0.6) is 5.75 Å². The molecule has 0 heterocycles. The Kier molecular flexibility index (Phi) is 5.76. The SMILES string of the molecule is O=C(Oc1ccc(Br)cc1/C=C/[N+](=O)[O-])c1ccc(Cl)cc1Cl. The summed E-state index contributed by atoms with van der Waals surface area (Å²) in [5.74, 6) is -0.521. The third-order valence-electron chi connectivity index (χ3n) is 2.70. The van der Waals surface area contributed by atoms with E-state index >= 15 is 0 Å². The van der Waals surface area contributed by atoms with Gasteiger partial charge in [0.1, 0.15) is 5.75 Å². The highest BCUT2D eigenvalue weighted by molar-refractivity contribution is 9.10. The van der Waals surface area contributed by atoms with E-state index in [-0.39, 0.29) is 16.3 Å². The Morgan fingerprint density at radius 1 is 1.22 bits per heavy atom. The minimum Gasteiger partial charge on any atom is -0.422 e. The summed E-state index contributed by atoms with van der Waals surface area (Å²) in [6, 6.07) is 9.14. The second kappa shape index (κ2) is 7.59. The molecule has 0 atom stereocenters. The maximum Gasteiger partial charge on any atom is 0.345 e. The van der Waals surface area contributed by atoms with Crippen molar-refractivity contribution in [3.8, 4) is 5.75 Å². The Labute approximate surface area is 149 Å². The highest BCUT2D eigenvalue weighted by Crippen LogP contribution is 2.27. The van der Waals surface area contributed by atoms with E-state index in [0.717, 1.165) is 6.20 Å². The number of halogens is 3. The number of esters is 1. The molecule has 0 aliphatic heterocycles. The van der Waals surface area contributed by atoms with E-state index in [9.17, 15) is 14.9 Å². The Morgan fingerprint density at radius 2 is 1.96 bits per heavy atom. The van der Waals surface area contributed by atoms with Gasteiger partial charge in [-0.05, 0) is 36.4 Å². The summed E-state index contributed by atoms with van der Waals surface area (Å²) in [5, 5.41) is 11.0. The highest BCUT2D eigenvalue weighted by Gasteiger charge is 2.15. The van der Waals surface area contributed by atoms with Gasteiger partial charge >= 0.3 is 5.97 Å². The number of hydrogen-bond acceptors (Lipinski definition) is 4. The fraction of sp³-hybridized carbons (Fsp3) is 0. The van der Waals surface area contributed by atoms with Gasteiger partial charge in [-0.1, -0.05) is 39.1 Å². The molecule has 5 nitrogen and oxygen atoms in total. The fourth-order valence-corrected chi connectivity index (χ4v) is 2.56. The monoisotopic (exact) mass is 415 g/mol. The maximum atomic E-state index is 12.2. The number of nitro groups is 1. The zero-order valence-corrected chi connectivity index (χ0v) is 14.4. The molecule has 0 amide bonds. The summed E-state index contributed by atoms with van der Waals surface area (Å²) in [7, 11) is 0. The minimum absolute atomic E-state index is 0.142. The first-order chi connectivity index (χ1) is 10.9. The van der Waals surface area contributed by atoms with Crippen LogP contribution in [-0.2, 0) is 0 Å². The molecule has 2 rings (SSSR count). The number of nitrogens with zero attached hydrogens (tertiary/aromatic N) is 1. The maximum absolute atomic E-state index is 12.2. The lowest BCUT2D eigenvalue weighted by molar-refractivity contribution is -0.400. The minimum atomic E-state index is -0.690. The van der Waals surface area contributed by atoms with Crippen molar-refractivity contribution < 1.29 is 14.5 Å². The van der Waals surface area contributed by atoms with Crippen molar-refractivity contribution in [3.05, 3.63) is 78.4 Å². The van der Waals surface area contributed by atoms with E-state index in [4.69, 9.17) is 27.9 Å². The molecule has 0 unspecified atom stereocenters. The molecule has 2 aromatic rings. The number of ether oxygens (including phenoxy) is 1. The molecule has 118 valence electrons. The van der Waals surface area contributed by atoms with Gasteiger partial charge < -0.3 is 4.74 Å². The van der Waals surface area contributed by atoms with Crippen LogP contribution in [-0.4, -0.2) is 10.9 Å². The molecule has 0 spiro atoms. The van der Waals surface area contributed by atoms with Gasteiger partial charge in [-0.3, -0.25) is 10.1 Å². The molecule has 0 aliphatic rings. The Morgan fingerprint density at radius 3 is 2.61 bits per heavy atom. The normalized spacial score (nSPS) is 10.7. The van der Waals surface area contributed by atoms with Crippen LogP contribution in [0.3, 0.4) is 0 Å². The van der Waals surface area contributed by atoms with Crippen molar-refractivity contribution in [2.45, 2.75) is 0 Å². The first-order valence-corrected chi connectivity index (χ1v) is 7.70. The highest BCUT2D eigenvalue weighted by atomic mass is 79.9. The third kappa shape index (κ3) is 4.79. The van der Waals surface area contributed by atoms with E-state index < -0.39 is 10.9 Å². The first kappa shape index (κ1) is 17.5. The summed E-state index contributed by atoms with van der Waals surface area (Å²) in [6.07, 6.45) is 1.99. The Bertz CT molecular complexity index is 808. The molecule has 0 aromatic heterocycles. The van der Waals surface area contributed by atoms with Crippen LogP contribution in [0.4, 0.5) is 0 Å². The zero-order chi connectivity index (χ0) is 17.0. The van der Waals surface area contributed by atoms with Gasteiger partial charge in [-0.25, -0.2) is 4.79 Å². The molecule has 0 N–H and O–H groups in total. The van der Waals surface area contributed by atoms with Crippen LogP contribution in [0.2, 0.25) is 10.0 Å². The van der Waals surface area contributed by atoms with Crippen LogP contribution >= 0.6 is 39.1 Å². The second-order valence-corrected chi connectivity index (χ2v) is 6.06. The third-order valence-corrected chi connectivity index (χ3v) is 3.74. The van der Waals surface area contributed by atoms with Crippen molar-refractivity contribution in [2.24, 2.45) is 0 Å². The predicted octanol–water partition coefficient (Wildman–Crippen LogP) is 5.22. The Balaban J connectivity index is 2.32. The van der Waals surface area contributed by atoms with Crippen LogP contribution in [0.1, 0.15) is 15.9 Å². The summed E-state index contributed by atoms with van der Waals surface area (Å²) < 4.78 is 5.96. The lowest BCUT2D eigenvalue weighted by Crippen LogP contribution is -2.10. The van der Waals surface area contributed by atoms with Crippen LogP contribution in [0, 0.1) is 10.1 Å². The number of hydrogen-bond donors (Lipinski definition) is 0. The molecule has 0 bridgehead atoms. The summed E-state index contributed by atoms with van der Waals surface area (Å²) in [5.41, 5.74) is 0.512. The quantitative estimate of drug-likeness (QED) is 0.296. The van der Waals surface area contributed by atoms with Gasteiger partial charge in [0.15, 0.2) is 0 Å². The second-order valence-electron chi connectivity index (χ2n) is 4.30. The summed E-state index contributed by atoms with van der Waals surface area (Å²) in [4.78, 5) is 22.1. The van der Waals surface area contributed by atoms with Crippen LogP contribution in [0.25, 0.3) is 6.08 Å². The molecule has 0 saturated heterocycles. The van der Waals surface area contributed by atoms with E-state index in [2.05, 4.69) is 15.9 Å².